The molecule has 1 aromatic rings. The topological polar surface area (TPSA) is 81.1 Å². The van der Waals surface area contributed by atoms with Gasteiger partial charge in [-0.3, -0.25) is 4.68 Å². The van der Waals surface area contributed by atoms with Crippen molar-refractivity contribution in [3.63, 3.8) is 0 Å². The van der Waals surface area contributed by atoms with Crippen LogP contribution in [-0.2, 0) is 11.3 Å². The van der Waals surface area contributed by atoms with Crippen LogP contribution in [0, 0.1) is 5.41 Å². The minimum Gasteiger partial charge on any atom is -0.378 e. The van der Waals surface area contributed by atoms with Crippen molar-refractivity contribution >= 4 is 6.03 Å². The molecule has 0 radical (unpaired) electrons. The van der Waals surface area contributed by atoms with E-state index < -0.39 is 0 Å². The van der Waals surface area contributed by atoms with Gasteiger partial charge in [-0.05, 0) is 26.2 Å². The van der Waals surface area contributed by atoms with Gasteiger partial charge in [-0.15, -0.1) is 5.10 Å². The highest BCUT2D eigenvalue weighted by atomic mass is 16.5. The fraction of sp³-hybridized carbons (Fsp3) is 0.812. The molecule has 3 rings (SSSR count). The number of amides is 2. The SMILES string of the molecule is CCO[C@H]1C[C@H](NC(=O)NCCn2ccnn2)C12CCCCC2. The third kappa shape index (κ3) is 3.49. The van der Waals surface area contributed by atoms with E-state index in [9.17, 15) is 4.79 Å². The molecule has 0 aliphatic heterocycles. The lowest BCUT2D eigenvalue weighted by Crippen LogP contribution is -2.66. The first kappa shape index (κ1) is 16.2. The fourth-order valence-corrected chi connectivity index (χ4v) is 4.11. The third-order valence-electron chi connectivity index (χ3n) is 5.34. The van der Waals surface area contributed by atoms with Gasteiger partial charge in [0.05, 0.1) is 18.8 Å². The minimum atomic E-state index is -0.0880. The summed E-state index contributed by atoms with van der Waals surface area (Å²) in [5, 5.41) is 13.7. The van der Waals surface area contributed by atoms with Gasteiger partial charge in [-0.2, -0.15) is 0 Å². The Hall–Kier alpha value is -1.63. The Morgan fingerprint density at radius 2 is 2.22 bits per heavy atom. The lowest BCUT2D eigenvalue weighted by atomic mass is 9.55. The van der Waals surface area contributed by atoms with Crippen LogP contribution in [0.1, 0.15) is 45.4 Å². The van der Waals surface area contributed by atoms with Gasteiger partial charge in [0, 0.05) is 30.8 Å². The van der Waals surface area contributed by atoms with Crippen LogP contribution >= 0.6 is 0 Å². The highest BCUT2D eigenvalue weighted by Gasteiger charge is 2.56. The van der Waals surface area contributed by atoms with Gasteiger partial charge < -0.3 is 15.4 Å². The molecule has 2 fully saturated rings. The van der Waals surface area contributed by atoms with E-state index in [1.807, 2.05) is 6.92 Å². The van der Waals surface area contributed by atoms with Gasteiger partial charge in [-0.1, -0.05) is 24.5 Å². The van der Waals surface area contributed by atoms with Crippen LogP contribution in [0.4, 0.5) is 4.79 Å². The molecule has 7 heteroatoms. The Morgan fingerprint density at radius 1 is 1.39 bits per heavy atom. The highest BCUT2D eigenvalue weighted by Crippen LogP contribution is 2.53. The first-order valence-corrected chi connectivity index (χ1v) is 8.74. The van der Waals surface area contributed by atoms with E-state index in [2.05, 4.69) is 20.9 Å². The van der Waals surface area contributed by atoms with Crippen molar-refractivity contribution in [2.45, 2.75) is 64.1 Å². The number of rotatable bonds is 6. The average molecular weight is 321 g/mol. The number of carbonyl (C=O) groups excluding carboxylic acids is 1. The normalized spacial score (nSPS) is 25.8. The van der Waals surface area contributed by atoms with Crippen molar-refractivity contribution in [2.24, 2.45) is 5.41 Å². The number of hydrogen-bond donors (Lipinski definition) is 2. The van der Waals surface area contributed by atoms with Crippen molar-refractivity contribution in [2.75, 3.05) is 13.2 Å². The molecule has 7 nitrogen and oxygen atoms in total. The summed E-state index contributed by atoms with van der Waals surface area (Å²) < 4.78 is 7.63. The van der Waals surface area contributed by atoms with E-state index in [1.165, 1.54) is 32.1 Å². The number of aromatic nitrogens is 3. The summed E-state index contributed by atoms with van der Waals surface area (Å²) in [6.07, 6.45) is 10.8. The Balaban J connectivity index is 1.47. The van der Waals surface area contributed by atoms with Gasteiger partial charge >= 0.3 is 6.03 Å². The van der Waals surface area contributed by atoms with Gasteiger partial charge in [0.2, 0.25) is 0 Å². The van der Waals surface area contributed by atoms with E-state index in [0.29, 0.717) is 19.2 Å². The van der Waals surface area contributed by atoms with Crippen LogP contribution in [0.5, 0.6) is 0 Å². The third-order valence-corrected chi connectivity index (χ3v) is 5.34. The van der Waals surface area contributed by atoms with Crippen LogP contribution in [0.2, 0.25) is 0 Å². The molecule has 2 amide bonds. The maximum absolute atomic E-state index is 12.2. The van der Waals surface area contributed by atoms with E-state index in [4.69, 9.17) is 4.74 Å². The molecule has 2 saturated carbocycles. The Morgan fingerprint density at radius 3 is 2.91 bits per heavy atom. The molecule has 1 spiro atoms. The Kier molecular flexibility index (Phi) is 5.15. The van der Waals surface area contributed by atoms with Crippen molar-refractivity contribution in [1.82, 2.24) is 25.6 Å². The zero-order valence-corrected chi connectivity index (χ0v) is 13.8. The van der Waals surface area contributed by atoms with Crippen molar-refractivity contribution in [1.29, 1.82) is 0 Å². The quantitative estimate of drug-likeness (QED) is 0.836. The molecule has 2 aliphatic carbocycles. The molecule has 1 heterocycles. The van der Waals surface area contributed by atoms with Crippen LogP contribution in [-0.4, -0.2) is 46.3 Å². The van der Waals surface area contributed by atoms with Gasteiger partial charge in [0.1, 0.15) is 0 Å². The lowest BCUT2D eigenvalue weighted by Gasteiger charge is -2.57. The van der Waals surface area contributed by atoms with Crippen LogP contribution in [0.25, 0.3) is 0 Å². The molecule has 23 heavy (non-hydrogen) atoms. The predicted octanol–water partition coefficient (Wildman–Crippen LogP) is 1.71. The smallest absolute Gasteiger partial charge is 0.315 e. The van der Waals surface area contributed by atoms with Crippen LogP contribution < -0.4 is 10.6 Å². The molecule has 0 saturated heterocycles. The summed E-state index contributed by atoms with van der Waals surface area (Å²) >= 11 is 0. The second-order valence-electron chi connectivity index (χ2n) is 6.59. The number of nitrogens with one attached hydrogen (secondary N) is 2. The summed E-state index contributed by atoms with van der Waals surface area (Å²) in [6.45, 7) is 3.98. The summed E-state index contributed by atoms with van der Waals surface area (Å²) in [5.41, 5.74) is 0.164. The van der Waals surface area contributed by atoms with E-state index in [-0.39, 0.29) is 17.5 Å². The van der Waals surface area contributed by atoms with Crippen molar-refractivity contribution < 1.29 is 9.53 Å². The predicted molar refractivity (Wildman–Crippen MR) is 85.9 cm³/mol. The maximum Gasteiger partial charge on any atom is 0.315 e. The average Bonchev–Trinajstić information content (AvgIpc) is 3.08. The maximum atomic E-state index is 12.2. The van der Waals surface area contributed by atoms with E-state index >= 15 is 0 Å². The largest absolute Gasteiger partial charge is 0.378 e. The number of hydrogen-bond acceptors (Lipinski definition) is 4. The fourth-order valence-electron chi connectivity index (χ4n) is 4.11. The number of ether oxygens (including phenoxy) is 1. The zero-order valence-electron chi connectivity index (χ0n) is 13.8. The molecular formula is C16H27N5O2. The first-order valence-electron chi connectivity index (χ1n) is 8.74. The lowest BCUT2D eigenvalue weighted by molar-refractivity contribution is -0.146. The molecule has 2 N–H and O–H groups in total. The molecule has 128 valence electrons. The van der Waals surface area contributed by atoms with Crippen molar-refractivity contribution in [3.05, 3.63) is 12.4 Å². The molecular weight excluding hydrogens is 294 g/mol. The Labute approximate surface area is 137 Å². The van der Waals surface area contributed by atoms with Gasteiger partial charge in [0.25, 0.3) is 0 Å². The van der Waals surface area contributed by atoms with Crippen molar-refractivity contribution in [3.8, 4) is 0 Å². The highest BCUT2D eigenvalue weighted by molar-refractivity contribution is 5.74. The van der Waals surface area contributed by atoms with Crippen LogP contribution in [0.3, 0.4) is 0 Å². The summed E-state index contributed by atoms with van der Waals surface area (Å²) in [6, 6.07) is 0.153. The molecule has 1 aromatic heterocycles. The second-order valence-corrected chi connectivity index (χ2v) is 6.59. The minimum absolute atomic E-state index is 0.0880. The first-order chi connectivity index (χ1) is 11.2. The standard InChI is InChI=1S/C16H27N5O2/c1-2-23-14-12-13(16(14)6-4-3-5-7-16)19-15(22)17-8-10-21-11-9-18-20-21/h9,11,13-14H,2-8,10,12H2,1H3,(H2,17,19,22)/t13-,14-/m0/s1. The molecule has 2 atom stereocenters. The Bertz CT molecular complexity index is 499. The molecule has 0 aromatic carbocycles. The summed E-state index contributed by atoms with van der Waals surface area (Å²) in [5.74, 6) is 0. The van der Waals surface area contributed by atoms with Crippen LogP contribution in [0.15, 0.2) is 12.4 Å². The van der Waals surface area contributed by atoms with Gasteiger partial charge in [-0.25, -0.2) is 4.79 Å². The summed E-state index contributed by atoms with van der Waals surface area (Å²) in [4.78, 5) is 12.2. The monoisotopic (exact) mass is 321 g/mol. The van der Waals surface area contributed by atoms with E-state index in [0.717, 1.165) is 13.0 Å². The number of carbonyl (C=O) groups is 1. The van der Waals surface area contributed by atoms with Gasteiger partial charge in [0.15, 0.2) is 0 Å². The summed E-state index contributed by atoms with van der Waals surface area (Å²) in [7, 11) is 0. The second kappa shape index (κ2) is 7.29. The van der Waals surface area contributed by atoms with E-state index in [1.54, 1.807) is 17.1 Å². The molecule has 2 aliphatic rings. The zero-order chi connectivity index (χ0) is 16.1. The number of nitrogens with zero attached hydrogens (tertiary/aromatic N) is 3. The molecule has 0 bridgehead atoms. The molecule has 0 unspecified atom stereocenters. The number of urea groups is 1.